The number of hydrogen-bond donors (Lipinski definition) is 0. The zero-order valence-corrected chi connectivity index (χ0v) is 8.41. The summed E-state index contributed by atoms with van der Waals surface area (Å²) in [7, 11) is -1.91. The average Bonchev–Trinajstić information content (AvgIpc) is 2.06. The normalized spacial score (nSPS) is 34.5. The van der Waals surface area contributed by atoms with E-state index in [1.807, 2.05) is 4.31 Å². The maximum Gasteiger partial charge on any atom is 0.0304 e. The van der Waals surface area contributed by atoms with Crippen LogP contribution in [-0.4, -0.2) is 32.2 Å². The Bertz CT molecular complexity index is 235. The van der Waals surface area contributed by atoms with Gasteiger partial charge in [0, 0.05) is 27.5 Å². The first-order valence-electron chi connectivity index (χ1n) is 3.97. The quantitative estimate of drug-likeness (QED) is 0.505. The van der Waals surface area contributed by atoms with Gasteiger partial charge in [-0.1, -0.05) is 0 Å². The van der Waals surface area contributed by atoms with E-state index in [-0.39, 0.29) is 5.54 Å². The predicted octanol–water partition coefficient (Wildman–Crippen LogP) is 1.12. The molecule has 66 valence electrons. The SMILES string of the molecule is C=S1(=O)CCCN1C(C)(C)C. The third kappa shape index (κ3) is 1.76. The lowest BCUT2D eigenvalue weighted by molar-refractivity contribution is 0.277. The Kier molecular flexibility index (Phi) is 2.05. The van der Waals surface area contributed by atoms with E-state index >= 15 is 0 Å². The molecule has 1 unspecified atom stereocenters. The Hall–Kier alpha value is -0.0200. The summed E-state index contributed by atoms with van der Waals surface area (Å²) in [6.07, 6.45) is 1.03. The van der Waals surface area contributed by atoms with E-state index in [4.69, 9.17) is 0 Å². The molecule has 0 amide bonds. The summed E-state index contributed by atoms with van der Waals surface area (Å²) >= 11 is 0. The van der Waals surface area contributed by atoms with Crippen LogP contribution in [0.3, 0.4) is 0 Å². The molecule has 1 saturated heterocycles. The monoisotopic (exact) mass is 175 g/mol. The highest BCUT2D eigenvalue weighted by atomic mass is 32.2. The summed E-state index contributed by atoms with van der Waals surface area (Å²) in [6.45, 7) is 7.20. The first-order chi connectivity index (χ1) is 4.84. The number of rotatable bonds is 0. The van der Waals surface area contributed by atoms with Crippen LogP contribution in [0.25, 0.3) is 0 Å². The second kappa shape index (κ2) is 2.49. The van der Waals surface area contributed by atoms with Gasteiger partial charge in [0.15, 0.2) is 0 Å². The minimum atomic E-state index is -1.91. The Morgan fingerprint density at radius 3 is 2.18 bits per heavy atom. The fourth-order valence-electron chi connectivity index (χ4n) is 1.54. The Labute approximate surface area is 69.7 Å². The first kappa shape index (κ1) is 9.07. The molecule has 1 aliphatic rings. The van der Waals surface area contributed by atoms with Crippen LogP contribution < -0.4 is 0 Å². The van der Waals surface area contributed by atoms with Crippen molar-refractivity contribution < 1.29 is 4.21 Å². The van der Waals surface area contributed by atoms with Gasteiger partial charge in [0.1, 0.15) is 0 Å². The van der Waals surface area contributed by atoms with Crippen molar-refractivity contribution in [3.63, 3.8) is 0 Å². The smallest absolute Gasteiger partial charge is 0.0304 e. The van der Waals surface area contributed by atoms with Crippen molar-refractivity contribution >= 4 is 15.6 Å². The molecule has 11 heavy (non-hydrogen) atoms. The third-order valence-electron chi connectivity index (χ3n) is 1.97. The molecule has 0 aromatic heterocycles. The van der Waals surface area contributed by atoms with Crippen LogP contribution in [0, 0.1) is 0 Å². The van der Waals surface area contributed by atoms with Crippen LogP contribution in [0.15, 0.2) is 0 Å². The number of hydrogen-bond acceptors (Lipinski definition) is 1. The molecule has 1 atom stereocenters. The second-order valence-electron chi connectivity index (χ2n) is 4.10. The zero-order chi connectivity index (χ0) is 8.70. The molecule has 2 nitrogen and oxygen atoms in total. The van der Waals surface area contributed by atoms with Crippen molar-refractivity contribution in [1.82, 2.24) is 4.31 Å². The average molecular weight is 175 g/mol. The molecule has 0 aromatic rings. The molecule has 0 saturated carbocycles. The summed E-state index contributed by atoms with van der Waals surface area (Å²) in [6, 6.07) is 0. The number of nitrogens with zero attached hydrogens (tertiary/aromatic N) is 1. The Morgan fingerprint density at radius 1 is 1.45 bits per heavy atom. The van der Waals surface area contributed by atoms with E-state index in [0.717, 1.165) is 18.7 Å². The van der Waals surface area contributed by atoms with Gasteiger partial charge < -0.3 is 0 Å². The summed E-state index contributed by atoms with van der Waals surface area (Å²) in [4.78, 5) is 0. The predicted molar refractivity (Wildman–Crippen MR) is 51.2 cm³/mol. The van der Waals surface area contributed by atoms with Gasteiger partial charge in [0.2, 0.25) is 0 Å². The Balaban J connectivity index is 2.91. The summed E-state index contributed by atoms with van der Waals surface area (Å²) in [5.74, 6) is 4.54. The maximum atomic E-state index is 11.8. The second-order valence-corrected chi connectivity index (χ2v) is 6.50. The summed E-state index contributed by atoms with van der Waals surface area (Å²) in [5, 5.41) is 0. The molecule has 0 aromatic carbocycles. The van der Waals surface area contributed by atoms with E-state index in [1.165, 1.54) is 0 Å². The van der Waals surface area contributed by atoms with Crippen molar-refractivity contribution in [2.24, 2.45) is 0 Å². The molecular weight excluding hydrogens is 158 g/mol. The highest BCUT2D eigenvalue weighted by Gasteiger charge is 2.31. The van der Waals surface area contributed by atoms with E-state index in [2.05, 4.69) is 26.6 Å². The van der Waals surface area contributed by atoms with Crippen LogP contribution in [-0.2, 0) is 9.71 Å². The van der Waals surface area contributed by atoms with Crippen molar-refractivity contribution in [2.75, 3.05) is 12.3 Å². The summed E-state index contributed by atoms with van der Waals surface area (Å²) < 4.78 is 13.8. The van der Waals surface area contributed by atoms with Crippen molar-refractivity contribution in [2.45, 2.75) is 32.7 Å². The van der Waals surface area contributed by atoms with Crippen LogP contribution >= 0.6 is 0 Å². The van der Waals surface area contributed by atoms with Gasteiger partial charge in [-0.25, -0.2) is 4.31 Å². The van der Waals surface area contributed by atoms with E-state index in [1.54, 1.807) is 0 Å². The molecule has 0 aliphatic carbocycles. The highest BCUT2D eigenvalue weighted by Crippen LogP contribution is 2.23. The molecule has 3 heteroatoms. The van der Waals surface area contributed by atoms with Crippen LogP contribution in [0.1, 0.15) is 27.2 Å². The van der Waals surface area contributed by atoms with Gasteiger partial charge >= 0.3 is 0 Å². The lowest BCUT2D eigenvalue weighted by atomic mass is 10.1. The van der Waals surface area contributed by atoms with Crippen molar-refractivity contribution in [1.29, 1.82) is 0 Å². The minimum absolute atomic E-state index is 0.00926. The van der Waals surface area contributed by atoms with Gasteiger partial charge in [-0.15, -0.1) is 0 Å². The van der Waals surface area contributed by atoms with Gasteiger partial charge in [-0.3, -0.25) is 4.21 Å². The molecular formula is C8H17NOS. The van der Waals surface area contributed by atoms with Gasteiger partial charge in [-0.05, 0) is 33.1 Å². The van der Waals surface area contributed by atoms with E-state index in [9.17, 15) is 4.21 Å². The van der Waals surface area contributed by atoms with Crippen LogP contribution in [0.2, 0.25) is 0 Å². The Morgan fingerprint density at radius 2 is 2.00 bits per heavy atom. The van der Waals surface area contributed by atoms with E-state index in [0.29, 0.717) is 0 Å². The van der Waals surface area contributed by atoms with Gasteiger partial charge in [-0.2, -0.15) is 0 Å². The largest absolute Gasteiger partial charge is 0.253 e. The fourth-order valence-corrected chi connectivity index (χ4v) is 3.81. The standard InChI is InChI=1S/C8H17NOS/c1-8(2,3)9-6-5-7-11(9,4)10/h4-7H2,1-3H3. The molecule has 0 radical (unpaired) electrons. The molecule has 1 rings (SSSR count). The van der Waals surface area contributed by atoms with E-state index < -0.39 is 9.71 Å². The zero-order valence-electron chi connectivity index (χ0n) is 7.59. The van der Waals surface area contributed by atoms with Gasteiger partial charge in [0.05, 0.1) is 0 Å². The topological polar surface area (TPSA) is 20.3 Å². The highest BCUT2D eigenvalue weighted by molar-refractivity contribution is 7.98. The molecule has 1 fully saturated rings. The van der Waals surface area contributed by atoms with Crippen LogP contribution in [0.4, 0.5) is 0 Å². The van der Waals surface area contributed by atoms with Crippen molar-refractivity contribution in [3.8, 4) is 0 Å². The molecule has 1 aliphatic heterocycles. The third-order valence-corrected chi connectivity index (χ3v) is 4.43. The lowest BCUT2D eigenvalue weighted by Gasteiger charge is -2.32. The summed E-state index contributed by atoms with van der Waals surface area (Å²) in [5.41, 5.74) is 0.00926. The van der Waals surface area contributed by atoms with Gasteiger partial charge in [0.25, 0.3) is 0 Å². The van der Waals surface area contributed by atoms with Crippen molar-refractivity contribution in [3.05, 3.63) is 0 Å². The first-order valence-corrected chi connectivity index (χ1v) is 5.82. The molecule has 0 bridgehead atoms. The maximum absolute atomic E-state index is 11.8. The molecule has 0 spiro atoms. The fraction of sp³-hybridized carbons (Fsp3) is 0.875. The lowest BCUT2D eigenvalue weighted by Crippen LogP contribution is -2.42. The minimum Gasteiger partial charge on any atom is -0.253 e. The molecule has 0 N–H and O–H groups in total. The molecule has 1 heterocycles. The van der Waals surface area contributed by atoms with Crippen LogP contribution in [0.5, 0.6) is 0 Å².